The zero-order valence-corrected chi connectivity index (χ0v) is 15.7. The fourth-order valence-electron chi connectivity index (χ4n) is 4.03. The fourth-order valence-corrected chi connectivity index (χ4v) is 4.03. The number of likely N-dealkylation sites (tertiary alicyclic amines) is 1. The molecule has 2 aliphatic heterocycles. The average molecular weight is 378 g/mol. The van der Waals surface area contributed by atoms with Crippen molar-refractivity contribution >= 4 is 17.8 Å². The number of hydrogen-bond donors (Lipinski definition) is 0. The van der Waals surface area contributed by atoms with E-state index in [0.717, 1.165) is 5.56 Å². The Morgan fingerprint density at radius 2 is 2.11 bits per heavy atom. The highest BCUT2D eigenvalue weighted by atomic mass is 16.6. The van der Waals surface area contributed by atoms with E-state index in [2.05, 4.69) is 9.97 Å². The number of piperidine rings is 1. The molecular formula is C21H22N4O3. The average Bonchev–Trinajstić information content (AvgIpc) is 3.03. The van der Waals surface area contributed by atoms with E-state index in [0.29, 0.717) is 25.2 Å². The van der Waals surface area contributed by atoms with Crippen LogP contribution >= 0.6 is 0 Å². The first-order chi connectivity index (χ1) is 13.6. The molecule has 2 aliphatic rings. The first kappa shape index (κ1) is 18.2. The topological polar surface area (TPSA) is 75.6 Å². The van der Waals surface area contributed by atoms with Gasteiger partial charge in [0.25, 0.3) is 5.91 Å². The van der Waals surface area contributed by atoms with Crippen molar-refractivity contribution in [3.63, 3.8) is 0 Å². The lowest BCUT2D eigenvalue weighted by atomic mass is 9.83. The van der Waals surface area contributed by atoms with Gasteiger partial charge in [0, 0.05) is 31.1 Å². The summed E-state index contributed by atoms with van der Waals surface area (Å²) in [7, 11) is 0. The van der Waals surface area contributed by atoms with Crippen LogP contribution in [0.3, 0.4) is 0 Å². The summed E-state index contributed by atoms with van der Waals surface area (Å²) in [5, 5.41) is 0. The molecule has 2 amide bonds. The molecule has 7 nitrogen and oxygen atoms in total. The summed E-state index contributed by atoms with van der Waals surface area (Å²) in [6, 6.07) is 9.54. The van der Waals surface area contributed by atoms with Gasteiger partial charge in [-0.25, -0.2) is 9.78 Å². The van der Waals surface area contributed by atoms with Crippen molar-refractivity contribution in [2.45, 2.75) is 38.0 Å². The van der Waals surface area contributed by atoms with Crippen LogP contribution in [0.4, 0.5) is 10.6 Å². The fraction of sp³-hybridized carbons (Fsp3) is 0.333. The maximum absolute atomic E-state index is 12.6. The van der Waals surface area contributed by atoms with E-state index in [9.17, 15) is 9.59 Å². The van der Waals surface area contributed by atoms with Gasteiger partial charge in [-0.05, 0) is 25.3 Å². The van der Waals surface area contributed by atoms with Crippen molar-refractivity contribution in [1.29, 1.82) is 0 Å². The van der Waals surface area contributed by atoms with Crippen LogP contribution in [0.25, 0.3) is 0 Å². The molecule has 28 heavy (non-hydrogen) atoms. The van der Waals surface area contributed by atoms with Crippen molar-refractivity contribution in [3.05, 3.63) is 66.6 Å². The van der Waals surface area contributed by atoms with Crippen molar-refractivity contribution in [3.8, 4) is 0 Å². The minimum absolute atomic E-state index is 0.0771. The molecule has 7 heteroatoms. The highest BCUT2D eigenvalue weighted by Gasteiger charge is 2.48. The highest BCUT2D eigenvalue weighted by molar-refractivity contribution is 6.05. The smallest absolute Gasteiger partial charge is 0.410 e. The third-order valence-electron chi connectivity index (χ3n) is 5.39. The van der Waals surface area contributed by atoms with Crippen LogP contribution in [0.15, 0.2) is 61.1 Å². The summed E-state index contributed by atoms with van der Waals surface area (Å²) in [5.74, 6) is 0.428. The number of carbonyl (C=O) groups excluding carboxylic acids is 2. The zero-order chi connectivity index (χ0) is 19.6. The van der Waals surface area contributed by atoms with Gasteiger partial charge in [-0.1, -0.05) is 36.4 Å². The van der Waals surface area contributed by atoms with E-state index >= 15 is 0 Å². The van der Waals surface area contributed by atoms with E-state index in [1.807, 2.05) is 43.3 Å². The van der Waals surface area contributed by atoms with Gasteiger partial charge < -0.3 is 9.64 Å². The van der Waals surface area contributed by atoms with Gasteiger partial charge in [-0.3, -0.25) is 14.7 Å². The summed E-state index contributed by atoms with van der Waals surface area (Å²) in [5.41, 5.74) is 0.470. The molecule has 144 valence electrons. The molecule has 2 atom stereocenters. The van der Waals surface area contributed by atoms with Gasteiger partial charge in [0.05, 0.1) is 11.7 Å². The summed E-state index contributed by atoms with van der Waals surface area (Å²) in [6.45, 7) is 2.73. The Balaban J connectivity index is 1.45. The molecule has 1 saturated heterocycles. The van der Waals surface area contributed by atoms with Crippen molar-refractivity contribution in [2.75, 3.05) is 11.4 Å². The lowest BCUT2D eigenvalue weighted by Gasteiger charge is -2.46. The third-order valence-corrected chi connectivity index (χ3v) is 5.39. The molecule has 1 fully saturated rings. The Kier molecular flexibility index (Phi) is 4.81. The number of anilines is 1. The Morgan fingerprint density at radius 3 is 2.82 bits per heavy atom. The summed E-state index contributed by atoms with van der Waals surface area (Å²) in [6.07, 6.45) is 9.19. The normalized spacial score (nSPS) is 24.0. The molecule has 0 saturated carbocycles. The Hall–Kier alpha value is -3.22. The molecule has 0 N–H and O–H groups in total. The number of hydrogen-bond acceptors (Lipinski definition) is 5. The van der Waals surface area contributed by atoms with Crippen LogP contribution in [0, 0.1) is 0 Å². The summed E-state index contributed by atoms with van der Waals surface area (Å²) >= 11 is 0. The van der Waals surface area contributed by atoms with E-state index in [1.165, 1.54) is 0 Å². The number of benzene rings is 1. The van der Waals surface area contributed by atoms with E-state index < -0.39 is 5.54 Å². The number of nitrogens with zero attached hydrogens (tertiary/aromatic N) is 4. The standard InChI is InChI=1S/C21H22N4O3/c1-16-13-21(8-7-19(26)25(21)18-14-22-10-11-23-18)9-12-24(16)20(27)28-15-17-5-3-2-4-6-17/h2-8,10-11,14,16H,9,12-13,15H2,1H3/t16-,21+/m0/s1. The van der Waals surface area contributed by atoms with Crippen LogP contribution in [-0.4, -0.2) is 45.0 Å². The SMILES string of the molecule is C[C@H]1C[C@@]2(C=CC(=O)N2c2cnccn2)CCN1C(=O)OCc1ccccc1. The van der Waals surface area contributed by atoms with Gasteiger partial charge >= 0.3 is 6.09 Å². The van der Waals surface area contributed by atoms with Crippen LogP contribution in [0.2, 0.25) is 0 Å². The molecule has 1 aromatic heterocycles. The molecule has 1 aromatic carbocycles. The first-order valence-corrected chi connectivity index (χ1v) is 9.36. The monoisotopic (exact) mass is 378 g/mol. The van der Waals surface area contributed by atoms with Crippen LogP contribution in [0.1, 0.15) is 25.3 Å². The predicted octanol–water partition coefficient (Wildman–Crippen LogP) is 2.94. The van der Waals surface area contributed by atoms with Gasteiger partial charge in [-0.2, -0.15) is 0 Å². The number of carbonyl (C=O) groups is 2. The third kappa shape index (κ3) is 3.35. The number of amides is 2. The summed E-state index contributed by atoms with van der Waals surface area (Å²) < 4.78 is 5.49. The number of aromatic nitrogens is 2. The summed E-state index contributed by atoms with van der Waals surface area (Å²) in [4.78, 5) is 36.9. The second-order valence-corrected chi connectivity index (χ2v) is 7.21. The largest absolute Gasteiger partial charge is 0.445 e. The van der Waals surface area contributed by atoms with Gasteiger partial charge in [0.1, 0.15) is 6.61 Å². The van der Waals surface area contributed by atoms with E-state index in [1.54, 1.807) is 34.5 Å². The lowest BCUT2D eigenvalue weighted by molar-refractivity contribution is -0.114. The predicted molar refractivity (Wildman–Crippen MR) is 103 cm³/mol. The Bertz CT molecular complexity index is 887. The molecule has 4 rings (SSSR count). The molecule has 2 aromatic rings. The minimum Gasteiger partial charge on any atom is -0.445 e. The number of ether oxygens (including phenoxy) is 1. The molecule has 3 heterocycles. The highest BCUT2D eigenvalue weighted by Crippen LogP contribution is 2.39. The Labute approximate surface area is 163 Å². The molecular weight excluding hydrogens is 356 g/mol. The van der Waals surface area contributed by atoms with Crippen LogP contribution in [-0.2, 0) is 16.1 Å². The van der Waals surface area contributed by atoms with Crippen LogP contribution in [0.5, 0.6) is 0 Å². The minimum atomic E-state index is -0.483. The second kappa shape index (κ2) is 7.42. The second-order valence-electron chi connectivity index (χ2n) is 7.21. The van der Waals surface area contributed by atoms with Crippen molar-refractivity contribution < 1.29 is 14.3 Å². The maximum Gasteiger partial charge on any atom is 0.410 e. The molecule has 0 aliphatic carbocycles. The quantitative estimate of drug-likeness (QED) is 0.821. The van der Waals surface area contributed by atoms with E-state index in [4.69, 9.17) is 4.74 Å². The van der Waals surface area contributed by atoms with Crippen molar-refractivity contribution in [1.82, 2.24) is 14.9 Å². The molecule has 0 bridgehead atoms. The van der Waals surface area contributed by atoms with Gasteiger partial charge in [0.2, 0.25) is 0 Å². The molecule has 0 radical (unpaired) electrons. The van der Waals surface area contributed by atoms with Gasteiger partial charge in [0.15, 0.2) is 5.82 Å². The van der Waals surface area contributed by atoms with Gasteiger partial charge in [-0.15, -0.1) is 0 Å². The van der Waals surface area contributed by atoms with E-state index in [-0.39, 0.29) is 24.6 Å². The first-order valence-electron chi connectivity index (χ1n) is 9.36. The maximum atomic E-state index is 12.6. The lowest BCUT2D eigenvalue weighted by Crippen LogP contribution is -2.58. The Morgan fingerprint density at radius 1 is 1.29 bits per heavy atom. The van der Waals surface area contributed by atoms with Crippen LogP contribution < -0.4 is 4.90 Å². The zero-order valence-electron chi connectivity index (χ0n) is 15.7. The van der Waals surface area contributed by atoms with Crippen molar-refractivity contribution in [2.24, 2.45) is 0 Å². The molecule has 0 unspecified atom stereocenters. The molecule has 1 spiro atoms. The number of rotatable bonds is 3.